The lowest BCUT2D eigenvalue weighted by molar-refractivity contribution is 0.0694. The van der Waals surface area contributed by atoms with Gasteiger partial charge in [-0.05, 0) is 41.5 Å². The molecule has 1 saturated carbocycles. The van der Waals surface area contributed by atoms with E-state index in [1.165, 1.54) is 12.1 Å². The molecule has 2 fully saturated rings. The van der Waals surface area contributed by atoms with Crippen LogP contribution in [0.5, 0.6) is 0 Å². The highest BCUT2D eigenvalue weighted by Crippen LogP contribution is 2.62. The maximum Gasteiger partial charge on any atom is 0.335 e. The molecule has 0 radical (unpaired) electrons. The van der Waals surface area contributed by atoms with E-state index >= 15 is 0 Å². The van der Waals surface area contributed by atoms with Crippen LogP contribution in [-0.4, -0.2) is 35.0 Å². The Kier molecular flexibility index (Phi) is 2.46. The predicted octanol–water partition coefficient (Wildman–Crippen LogP) is 2.11. The van der Waals surface area contributed by atoms with Gasteiger partial charge in [0, 0.05) is 18.7 Å². The van der Waals surface area contributed by atoms with Crippen LogP contribution in [0.4, 0.5) is 0 Å². The van der Waals surface area contributed by atoms with E-state index in [0.717, 1.165) is 13.1 Å². The third kappa shape index (κ3) is 1.82. The molecule has 1 aromatic carbocycles. The second-order valence-corrected chi connectivity index (χ2v) is 6.13. The van der Waals surface area contributed by atoms with Crippen molar-refractivity contribution in [1.29, 1.82) is 0 Å². The first-order valence-corrected chi connectivity index (χ1v) is 6.54. The number of benzene rings is 1. The number of fused-ring (bicyclic) bond motifs is 1. The van der Waals surface area contributed by atoms with Gasteiger partial charge in [0.25, 0.3) is 5.91 Å². The minimum atomic E-state index is -0.969. The number of hydrogen-bond acceptors (Lipinski definition) is 2. The van der Waals surface area contributed by atoms with Gasteiger partial charge in [-0.3, -0.25) is 4.79 Å². The summed E-state index contributed by atoms with van der Waals surface area (Å²) < 4.78 is 0. The molecule has 4 heteroatoms. The summed E-state index contributed by atoms with van der Waals surface area (Å²) in [5, 5.41) is 8.83. The van der Waals surface area contributed by atoms with Crippen molar-refractivity contribution in [3.05, 3.63) is 35.4 Å². The average Bonchev–Trinajstić information content (AvgIpc) is 2.79. The largest absolute Gasteiger partial charge is 0.478 e. The Morgan fingerprint density at radius 1 is 1.11 bits per heavy atom. The second kappa shape index (κ2) is 3.83. The third-order valence-electron chi connectivity index (χ3n) is 4.79. The van der Waals surface area contributed by atoms with Crippen LogP contribution in [0.15, 0.2) is 24.3 Å². The van der Waals surface area contributed by atoms with Crippen LogP contribution >= 0.6 is 0 Å². The van der Waals surface area contributed by atoms with Crippen molar-refractivity contribution in [2.24, 2.45) is 17.3 Å². The smallest absolute Gasteiger partial charge is 0.335 e. The number of amides is 1. The molecule has 0 spiro atoms. The molecule has 19 heavy (non-hydrogen) atoms. The fourth-order valence-electron chi connectivity index (χ4n) is 3.24. The maximum absolute atomic E-state index is 12.3. The van der Waals surface area contributed by atoms with Crippen molar-refractivity contribution in [3.63, 3.8) is 0 Å². The number of carboxylic acids is 1. The average molecular weight is 259 g/mol. The summed E-state index contributed by atoms with van der Waals surface area (Å²) in [6.07, 6.45) is 0. The number of likely N-dealkylation sites (tertiary alicyclic amines) is 1. The van der Waals surface area contributed by atoms with Crippen molar-refractivity contribution in [1.82, 2.24) is 4.90 Å². The van der Waals surface area contributed by atoms with E-state index < -0.39 is 5.97 Å². The lowest BCUT2D eigenvalue weighted by Crippen LogP contribution is -2.32. The monoisotopic (exact) mass is 259 g/mol. The van der Waals surface area contributed by atoms with Crippen molar-refractivity contribution < 1.29 is 14.7 Å². The zero-order valence-electron chi connectivity index (χ0n) is 11.1. The van der Waals surface area contributed by atoms with E-state index in [9.17, 15) is 9.59 Å². The Hall–Kier alpha value is -1.84. The first kappa shape index (κ1) is 12.2. The molecule has 2 atom stereocenters. The molecule has 0 unspecified atom stereocenters. The van der Waals surface area contributed by atoms with Gasteiger partial charge >= 0.3 is 5.97 Å². The molecule has 1 aromatic rings. The van der Waals surface area contributed by atoms with E-state index in [-0.39, 0.29) is 11.5 Å². The second-order valence-electron chi connectivity index (χ2n) is 6.13. The minimum Gasteiger partial charge on any atom is -0.478 e. The molecule has 4 nitrogen and oxygen atoms in total. The Bertz CT molecular complexity index is 533. The Morgan fingerprint density at radius 3 is 2.05 bits per heavy atom. The molecule has 1 amide bonds. The van der Waals surface area contributed by atoms with Crippen molar-refractivity contribution >= 4 is 11.9 Å². The summed E-state index contributed by atoms with van der Waals surface area (Å²) >= 11 is 0. The standard InChI is InChI=1S/C15H17NO3/c1-15(2)11-7-16(8-12(11)15)13(17)9-3-5-10(6-4-9)14(18)19/h3-6,11-12H,7-8H2,1-2H3,(H,18,19)/t11-,12-/m0/s1. The first-order chi connectivity index (χ1) is 8.91. The zero-order chi connectivity index (χ0) is 13.8. The van der Waals surface area contributed by atoms with Gasteiger partial charge in [0.15, 0.2) is 0 Å². The lowest BCUT2D eigenvalue weighted by atomic mass is 10.1. The molecule has 2 aliphatic rings. The van der Waals surface area contributed by atoms with Gasteiger partial charge in [0.2, 0.25) is 0 Å². The van der Waals surface area contributed by atoms with Crippen molar-refractivity contribution in [2.45, 2.75) is 13.8 Å². The van der Waals surface area contributed by atoms with Crippen molar-refractivity contribution in [2.75, 3.05) is 13.1 Å². The summed E-state index contributed by atoms with van der Waals surface area (Å²) in [4.78, 5) is 24.9. The van der Waals surface area contributed by atoms with Gasteiger partial charge in [0.05, 0.1) is 5.56 Å². The SMILES string of the molecule is CC1(C)[C@H]2CN(C(=O)c3ccc(C(=O)O)cc3)C[C@@H]21. The minimum absolute atomic E-state index is 0.0138. The molecule has 100 valence electrons. The topological polar surface area (TPSA) is 57.6 Å². The summed E-state index contributed by atoms with van der Waals surface area (Å²) in [6, 6.07) is 6.16. The van der Waals surface area contributed by atoms with Crippen LogP contribution in [0, 0.1) is 17.3 Å². The number of carboxylic acid groups (broad SMARTS) is 1. The molecule has 1 heterocycles. The third-order valence-corrected chi connectivity index (χ3v) is 4.79. The number of piperidine rings is 1. The van der Waals surface area contributed by atoms with Gasteiger partial charge in [-0.2, -0.15) is 0 Å². The summed E-state index contributed by atoms with van der Waals surface area (Å²) in [6.45, 7) is 6.17. The Morgan fingerprint density at radius 2 is 1.58 bits per heavy atom. The van der Waals surface area contributed by atoms with Crippen LogP contribution in [0.25, 0.3) is 0 Å². The molecule has 1 aliphatic carbocycles. The quantitative estimate of drug-likeness (QED) is 0.885. The van der Waals surface area contributed by atoms with E-state index in [2.05, 4.69) is 13.8 Å². The van der Waals surface area contributed by atoms with Crippen molar-refractivity contribution in [3.8, 4) is 0 Å². The molecule has 1 N–H and O–H groups in total. The summed E-state index contributed by atoms with van der Waals surface area (Å²) in [5.74, 6) is 0.313. The Balaban J connectivity index is 1.70. The van der Waals surface area contributed by atoms with Crippen LogP contribution in [0.2, 0.25) is 0 Å². The Labute approximate surface area is 112 Å². The highest BCUT2D eigenvalue weighted by Gasteiger charge is 2.62. The van der Waals surface area contributed by atoms with Gasteiger partial charge in [-0.1, -0.05) is 13.8 Å². The summed E-state index contributed by atoms with van der Waals surface area (Å²) in [5.41, 5.74) is 1.18. The lowest BCUT2D eigenvalue weighted by Gasteiger charge is -2.22. The highest BCUT2D eigenvalue weighted by atomic mass is 16.4. The van der Waals surface area contributed by atoms with E-state index in [1.54, 1.807) is 12.1 Å². The predicted molar refractivity (Wildman–Crippen MR) is 70.1 cm³/mol. The fraction of sp³-hybridized carbons (Fsp3) is 0.467. The van der Waals surface area contributed by atoms with Crippen LogP contribution in [0.1, 0.15) is 34.6 Å². The van der Waals surface area contributed by atoms with E-state index in [4.69, 9.17) is 5.11 Å². The molecular formula is C15H17NO3. The number of carbonyl (C=O) groups excluding carboxylic acids is 1. The number of rotatable bonds is 2. The fourth-order valence-corrected chi connectivity index (χ4v) is 3.24. The van der Waals surface area contributed by atoms with Gasteiger partial charge < -0.3 is 10.0 Å². The van der Waals surface area contributed by atoms with Crippen LogP contribution < -0.4 is 0 Å². The molecule has 1 aliphatic heterocycles. The molecule has 0 aromatic heterocycles. The first-order valence-electron chi connectivity index (χ1n) is 6.54. The van der Waals surface area contributed by atoms with Gasteiger partial charge in [0.1, 0.15) is 0 Å². The maximum atomic E-state index is 12.3. The number of carbonyl (C=O) groups is 2. The van der Waals surface area contributed by atoms with Gasteiger partial charge in [-0.15, -0.1) is 0 Å². The van der Waals surface area contributed by atoms with Gasteiger partial charge in [-0.25, -0.2) is 4.79 Å². The van der Waals surface area contributed by atoms with E-state index in [1.807, 2.05) is 4.90 Å². The van der Waals surface area contributed by atoms with Crippen LogP contribution in [-0.2, 0) is 0 Å². The highest BCUT2D eigenvalue weighted by molar-refractivity contribution is 5.96. The molecule has 0 bridgehead atoms. The molecule has 3 rings (SSSR count). The number of hydrogen-bond donors (Lipinski definition) is 1. The number of aromatic carboxylic acids is 1. The molecule has 1 saturated heterocycles. The zero-order valence-corrected chi connectivity index (χ0v) is 11.1. The normalized spacial score (nSPS) is 26.9. The molecular weight excluding hydrogens is 242 g/mol. The number of nitrogens with zero attached hydrogens (tertiary/aromatic N) is 1. The van der Waals surface area contributed by atoms with E-state index in [0.29, 0.717) is 22.8 Å². The summed E-state index contributed by atoms with van der Waals surface area (Å²) in [7, 11) is 0. The van der Waals surface area contributed by atoms with Crippen LogP contribution in [0.3, 0.4) is 0 Å².